The summed E-state index contributed by atoms with van der Waals surface area (Å²) < 4.78 is 11.9. The van der Waals surface area contributed by atoms with Gasteiger partial charge in [0.25, 0.3) is 0 Å². The SMILES string of the molecule is CCC1C2(C)OC(=N)C1(C#N)C(C#N)(C#N)C(c1ccc(-c3ccccc3)cc1)O2. The van der Waals surface area contributed by atoms with Crippen molar-refractivity contribution >= 4 is 5.90 Å². The van der Waals surface area contributed by atoms with E-state index in [1.165, 1.54) is 0 Å². The van der Waals surface area contributed by atoms with Gasteiger partial charge in [0.2, 0.25) is 17.1 Å². The molecule has 2 saturated heterocycles. The van der Waals surface area contributed by atoms with E-state index in [9.17, 15) is 15.8 Å². The lowest BCUT2D eigenvalue weighted by Gasteiger charge is -2.48. The van der Waals surface area contributed by atoms with E-state index in [4.69, 9.17) is 14.9 Å². The van der Waals surface area contributed by atoms with Crippen LogP contribution in [-0.4, -0.2) is 11.7 Å². The van der Waals surface area contributed by atoms with Crippen LogP contribution in [-0.2, 0) is 9.47 Å². The normalized spacial score (nSPS) is 31.1. The van der Waals surface area contributed by atoms with Crippen molar-refractivity contribution in [2.75, 3.05) is 0 Å². The standard InChI is InChI=1S/C24H20N4O2/c1-3-19-22(2)29-20(23(13-25,14-26)24(19,15-27)21(28)30-22)18-11-9-17(10-12-18)16-7-5-4-6-8-16/h4-12,19-20,28H,3H2,1-2H3. The van der Waals surface area contributed by atoms with E-state index in [1.54, 1.807) is 19.1 Å². The van der Waals surface area contributed by atoms with Crippen molar-refractivity contribution in [2.45, 2.75) is 32.2 Å². The molecular weight excluding hydrogens is 376 g/mol. The van der Waals surface area contributed by atoms with Crippen LogP contribution in [0.5, 0.6) is 0 Å². The number of hydrogen-bond acceptors (Lipinski definition) is 6. The summed E-state index contributed by atoms with van der Waals surface area (Å²) in [6, 6.07) is 23.5. The molecule has 30 heavy (non-hydrogen) atoms. The van der Waals surface area contributed by atoms with Gasteiger partial charge in [0.15, 0.2) is 5.41 Å². The van der Waals surface area contributed by atoms with E-state index in [-0.39, 0.29) is 5.90 Å². The second-order valence-corrected chi connectivity index (χ2v) is 7.85. The number of rotatable bonds is 3. The number of hydrogen-bond donors (Lipinski definition) is 1. The highest BCUT2D eigenvalue weighted by atomic mass is 16.7. The monoisotopic (exact) mass is 396 g/mol. The molecule has 2 aliphatic heterocycles. The van der Waals surface area contributed by atoms with Crippen LogP contribution < -0.4 is 0 Å². The fraction of sp³-hybridized carbons (Fsp3) is 0.333. The zero-order chi connectivity index (χ0) is 21.6. The van der Waals surface area contributed by atoms with Gasteiger partial charge in [-0.15, -0.1) is 0 Å². The Bertz CT molecular complexity index is 1110. The smallest absolute Gasteiger partial charge is 0.214 e. The second kappa shape index (κ2) is 6.70. The van der Waals surface area contributed by atoms with Crippen LogP contribution in [0.25, 0.3) is 11.1 Å². The first kappa shape index (κ1) is 19.6. The van der Waals surface area contributed by atoms with Crippen molar-refractivity contribution in [1.29, 1.82) is 21.2 Å². The number of nitrogens with one attached hydrogen (secondary N) is 1. The maximum Gasteiger partial charge on any atom is 0.214 e. The van der Waals surface area contributed by atoms with Gasteiger partial charge >= 0.3 is 0 Å². The third kappa shape index (κ3) is 2.28. The van der Waals surface area contributed by atoms with E-state index in [0.29, 0.717) is 12.0 Å². The van der Waals surface area contributed by atoms with Gasteiger partial charge in [0.1, 0.15) is 6.10 Å². The summed E-state index contributed by atoms with van der Waals surface area (Å²) in [6.45, 7) is 3.52. The van der Waals surface area contributed by atoms with Gasteiger partial charge in [0.05, 0.1) is 24.1 Å². The number of nitrogens with zero attached hydrogens (tertiary/aromatic N) is 3. The van der Waals surface area contributed by atoms with Gasteiger partial charge < -0.3 is 9.47 Å². The van der Waals surface area contributed by atoms with Crippen molar-refractivity contribution < 1.29 is 9.47 Å². The first-order chi connectivity index (χ1) is 14.4. The van der Waals surface area contributed by atoms with E-state index in [0.717, 1.165) is 11.1 Å². The maximum atomic E-state index is 10.2. The second-order valence-electron chi connectivity index (χ2n) is 7.85. The summed E-state index contributed by atoms with van der Waals surface area (Å²) >= 11 is 0. The molecular formula is C24H20N4O2. The molecule has 4 rings (SSSR count). The van der Waals surface area contributed by atoms with Crippen LogP contribution in [0.1, 0.15) is 31.9 Å². The van der Waals surface area contributed by atoms with Crippen molar-refractivity contribution in [2.24, 2.45) is 16.7 Å². The molecule has 2 bridgehead atoms. The van der Waals surface area contributed by atoms with Gasteiger partial charge in [-0.1, -0.05) is 61.5 Å². The van der Waals surface area contributed by atoms with E-state index >= 15 is 0 Å². The van der Waals surface area contributed by atoms with Gasteiger partial charge in [-0.25, -0.2) is 0 Å². The average Bonchev–Trinajstić information content (AvgIpc) is 2.96. The minimum Gasteiger partial charge on any atom is -0.448 e. The molecule has 0 spiro atoms. The molecule has 4 atom stereocenters. The Kier molecular flexibility index (Phi) is 4.39. The van der Waals surface area contributed by atoms with Crippen LogP contribution in [0.4, 0.5) is 0 Å². The highest BCUT2D eigenvalue weighted by Gasteiger charge is 2.78. The van der Waals surface area contributed by atoms with Gasteiger partial charge in [0, 0.05) is 6.92 Å². The molecule has 1 N–H and O–H groups in total. The van der Waals surface area contributed by atoms with Gasteiger partial charge in [-0.3, -0.25) is 5.41 Å². The molecule has 6 heteroatoms. The summed E-state index contributed by atoms with van der Waals surface area (Å²) in [5.41, 5.74) is -1.01. The highest BCUT2D eigenvalue weighted by Crippen LogP contribution is 2.67. The minimum atomic E-state index is -1.91. The Morgan fingerprint density at radius 1 is 0.933 bits per heavy atom. The van der Waals surface area contributed by atoms with E-state index < -0.39 is 28.6 Å². The van der Waals surface area contributed by atoms with Crippen molar-refractivity contribution in [1.82, 2.24) is 0 Å². The summed E-state index contributed by atoms with van der Waals surface area (Å²) in [6.07, 6.45) is -0.607. The number of ether oxygens (including phenoxy) is 2. The Morgan fingerprint density at radius 3 is 2.07 bits per heavy atom. The van der Waals surface area contributed by atoms with Crippen molar-refractivity contribution in [3.63, 3.8) is 0 Å². The molecule has 4 unspecified atom stereocenters. The first-order valence-electron chi connectivity index (χ1n) is 9.77. The molecule has 0 aromatic heterocycles. The summed E-state index contributed by atoms with van der Waals surface area (Å²) in [4.78, 5) is 0. The van der Waals surface area contributed by atoms with Crippen LogP contribution >= 0.6 is 0 Å². The Morgan fingerprint density at radius 2 is 1.53 bits per heavy atom. The Hall–Kier alpha value is -3.66. The zero-order valence-corrected chi connectivity index (χ0v) is 16.7. The quantitative estimate of drug-likeness (QED) is 0.806. The van der Waals surface area contributed by atoms with Gasteiger partial charge in [-0.2, -0.15) is 15.8 Å². The molecule has 0 amide bonds. The van der Waals surface area contributed by atoms with Gasteiger partial charge in [-0.05, 0) is 23.1 Å². The lowest BCUT2D eigenvalue weighted by molar-refractivity contribution is -0.273. The largest absolute Gasteiger partial charge is 0.448 e. The number of nitriles is 3. The number of fused-ring (bicyclic) bond motifs is 2. The third-order valence-electron chi connectivity index (χ3n) is 6.44. The Labute approximate surface area is 175 Å². The predicted molar refractivity (Wildman–Crippen MR) is 108 cm³/mol. The predicted octanol–water partition coefficient (Wildman–Crippen LogP) is 4.72. The highest BCUT2D eigenvalue weighted by molar-refractivity contribution is 5.89. The number of benzene rings is 2. The lowest BCUT2D eigenvalue weighted by atomic mass is 9.53. The fourth-order valence-corrected chi connectivity index (χ4v) is 5.01. The van der Waals surface area contributed by atoms with Crippen LogP contribution in [0, 0.1) is 56.2 Å². The molecule has 2 aromatic carbocycles. The summed E-state index contributed by atoms with van der Waals surface area (Å²) in [5.74, 6) is -2.24. The van der Waals surface area contributed by atoms with Crippen LogP contribution in [0.2, 0.25) is 0 Å². The summed E-state index contributed by atoms with van der Waals surface area (Å²) in [7, 11) is 0. The molecule has 2 fully saturated rings. The molecule has 2 heterocycles. The average molecular weight is 396 g/mol. The molecule has 0 saturated carbocycles. The van der Waals surface area contributed by atoms with Crippen molar-refractivity contribution in [3.8, 4) is 29.3 Å². The van der Waals surface area contributed by atoms with E-state index in [2.05, 4.69) is 18.2 Å². The van der Waals surface area contributed by atoms with E-state index in [1.807, 2.05) is 49.4 Å². The molecule has 2 aliphatic rings. The van der Waals surface area contributed by atoms with Crippen LogP contribution in [0.15, 0.2) is 54.6 Å². The fourth-order valence-electron chi connectivity index (χ4n) is 5.01. The molecule has 0 aliphatic carbocycles. The molecule has 148 valence electrons. The maximum absolute atomic E-state index is 10.2. The van der Waals surface area contributed by atoms with Crippen molar-refractivity contribution in [3.05, 3.63) is 60.2 Å². The minimum absolute atomic E-state index is 0.370. The van der Waals surface area contributed by atoms with Crippen LogP contribution in [0.3, 0.4) is 0 Å². The zero-order valence-electron chi connectivity index (χ0n) is 16.7. The molecule has 6 nitrogen and oxygen atoms in total. The topological polar surface area (TPSA) is 114 Å². The Balaban J connectivity index is 1.87. The first-order valence-corrected chi connectivity index (χ1v) is 9.77. The summed E-state index contributed by atoms with van der Waals surface area (Å²) in [5, 5.41) is 39.0. The third-order valence-corrected chi connectivity index (χ3v) is 6.44. The molecule has 0 radical (unpaired) electrons. The lowest BCUT2D eigenvalue weighted by Crippen LogP contribution is -2.58. The molecule has 2 aromatic rings.